The number of hydrogen-bond acceptors (Lipinski definition) is 3. The van der Waals surface area contributed by atoms with Gasteiger partial charge in [0.15, 0.2) is 0 Å². The highest BCUT2D eigenvalue weighted by atomic mass is 16.4. The van der Waals surface area contributed by atoms with E-state index in [0.29, 0.717) is 32.0 Å². The molecule has 2 fully saturated rings. The number of piperidine rings is 1. The molecule has 2 amide bonds. The number of carbonyl (C=O) groups is 3. The molecule has 0 bridgehead atoms. The Morgan fingerprint density at radius 1 is 1.29 bits per heavy atom. The predicted octanol–water partition coefficient (Wildman–Crippen LogP) is 0.814. The highest BCUT2D eigenvalue weighted by molar-refractivity contribution is 5.89. The Kier molecular flexibility index (Phi) is 4.85. The zero-order valence-corrected chi connectivity index (χ0v) is 12.7. The lowest BCUT2D eigenvalue weighted by atomic mass is 9.96. The monoisotopic (exact) mass is 296 g/mol. The minimum atomic E-state index is -0.837. The molecule has 2 saturated heterocycles. The second-order valence-corrected chi connectivity index (χ2v) is 6.56. The molecule has 0 saturated carbocycles. The smallest absolute Gasteiger partial charge is 0.308 e. The van der Waals surface area contributed by atoms with E-state index in [4.69, 9.17) is 5.11 Å². The third-order valence-corrected chi connectivity index (χ3v) is 4.23. The van der Waals surface area contributed by atoms with Crippen LogP contribution in [-0.2, 0) is 14.4 Å². The highest BCUT2D eigenvalue weighted by Gasteiger charge is 2.38. The van der Waals surface area contributed by atoms with Gasteiger partial charge in [0.05, 0.1) is 11.8 Å². The number of carboxylic acids is 1. The maximum atomic E-state index is 12.5. The Balaban J connectivity index is 1.94. The van der Waals surface area contributed by atoms with Crippen LogP contribution < -0.4 is 0 Å². The van der Waals surface area contributed by atoms with Crippen molar-refractivity contribution in [2.24, 2.45) is 17.8 Å². The fraction of sp³-hybridized carbons (Fsp3) is 0.800. The minimum Gasteiger partial charge on any atom is -0.481 e. The van der Waals surface area contributed by atoms with Crippen molar-refractivity contribution in [3.05, 3.63) is 0 Å². The number of hydrogen-bond donors (Lipinski definition) is 1. The molecule has 0 aliphatic carbocycles. The van der Waals surface area contributed by atoms with E-state index in [-0.39, 0.29) is 30.7 Å². The fourth-order valence-corrected chi connectivity index (χ4v) is 3.19. The summed E-state index contributed by atoms with van der Waals surface area (Å²) in [4.78, 5) is 38.9. The maximum absolute atomic E-state index is 12.5. The Morgan fingerprint density at radius 3 is 2.62 bits per heavy atom. The molecule has 6 heteroatoms. The Bertz CT molecular complexity index is 435. The van der Waals surface area contributed by atoms with Gasteiger partial charge in [-0.15, -0.1) is 0 Å². The van der Waals surface area contributed by atoms with Crippen molar-refractivity contribution in [3.8, 4) is 0 Å². The van der Waals surface area contributed by atoms with E-state index in [1.54, 1.807) is 9.80 Å². The van der Waals surface area contributed by atoms with Crippen LogP contribution in [0.25, 0.3) is 0 Å². The zero-order valence-electron chi connectivity index (χ0n) is 12.7. The van der Waals surface area contributed by atoms with Gasteiger partial charge in [-0.05, 0) is 18.8 Å². The van der Waals surface area contributed by atoms with Gasteiger partial charge in [0, 0.05) is 32.6 Å². The average molecular weight is 296 g/mol. The second-order valence-electron chi connectivity index (χ2n) is 6.56. The van der Waals surface area contributed by atoms with Crippen LogP contribution in [0.3, 0.4) is 0 Å². The molecule has 0 radical (unpaired) electrons. The van der Waals surface area contributed by atoms with Crippen molar-refractivity contribution in [2.45, 2.75) is 33.1 Å². The van der Waals surface area contributed by atoms with Crippen LogP contribution in [0.5, 0.6) is 0 Å². The van der Waals surface area contributed by atoms with Crippen LogP contribution in [0.1, 0.15) is 33.1 Å². The second kappa shape index (κ2) is 6.45. The van der Waals surface area contributed by atoms with Gasteiger partial charge in [0.1, 0.15) is 0 Å². The van der Waals surface area contributed by atoms with Gasteiger partial charge in [-0.1, -0.05) is 13.8 Å². The van der Waals surface area contributed by atoms with E-state index in [9.17, 15) is 14.4 Å². The molecule has 2 rings (SSSR count). The molecular weight excluding hydrogens is 272 g/mol. The lowest BCUT2D eigenvalue weighted by Crippen LogP contribution is -2.45. The van der Waals surface area contributed by atoms with Gasteiger partial charge in [-0.2, -0.15) is 0 Å². The van der Waals surface area contributed by atoms with Gasteiger partial charge in [0.25, 0.3) is 0 Å². The summed E-state index contributed by atoms with van der Waals surface area (Å²) in [5, 5.41) is 9.09. The molecule has 1 N–H and O–H groups in total. The summed E-state index contributed by atoms with van der Waals surface area (Å²) < 4.78 is 0. The molecule has 2 heterocycles. The van der Waals surface area contributed by atoms with Gasteiger partial charge in [-0.3, -0.25) is 14.4 Å². The average Bonchev–Trinajstić information content (AvgIpc) is 2.78. The first-order valence-electron chi connectivity index (χ1n) is 7.67. The van der Waals surface area contributed by atoms with E-state index in [0.717, 1.165) is 6.42 Å². The molecular formula is C15H24N2O4. The molecule has 0 spiro atoms. The van der Waals surface area contributed by atoms with Crippen molar-refractivity contribution in [2.75, 3.05) is 26.2 Å². The molecule has 2 aliphatic rings. The fourth-order valence-electron chi connectivity index (χ4n) is 3.19. The normalized spacial score (nSPS) is 26.5. The third kappa shape index (κ3) is 3.74. The first kappa shape index (κ1) is 15.8. The molecule has 0 aromatic rings. The summed E-state index contributed by atoms with van der Waals surface area (Å²) in [6.45, 7) is 6.14. The van der Waals surface area contributed by atoms with Crippen molar-refractivity contribution in [3.63, 3.8) is 0 Å². The Hall–Kier alpha value is -1.59. The Morgan fingerprint density at radius 2 is 2.00 bits per heavy atom. The van der Waals surface area contributed by atoms with Crippen molar-refractivity contribution in [1.29, 1.82) is 0 Å². The van der Waals surface area contributed by atoms with Crippen LogP contribution in [0, 0.1) is 17.8 Å². The minimum absolute atomic E-state index is 0.0360. The van der Waals surface area contributed by atoms with Gasteiger partial charge in [0.2, 0.25) is 11.8 Å². The standard InChI is InChI=1S/C15H24N2O4/c1-10(2)7-17-9-12(6-13(17)18)14(19)16-5-3-4-11(8-16)15(20)21/h10-12H,3-9H2,1-2H3,(H,20,21)/t11-,12?/m0/s1. The predicted molar refractivity (Wildman–Crippen MR) is 76.5 cm³/mol. The number of aliphatic carboxylic acids is 1. The lowest BCUT2D eigenvalue weighted by molar-refractivity contribution is -0.146. The molecule has 2 atom stereocenters. The van der Waals surface area contributed by atoms with Crippen molar-refractivity contribution in [1.82, 2.24) is 9.80 Å². The largest absolute Gasteiger partial charge is 0.481 e. The van der Waals surface area contributed by atoms with E-state index < -0.39 is 11.9 Å². The summed E-state index contributed by atoms with van der Waals surface area (Å²) in [7, 11) is 0. The number of carbonyl (C=O) groups excluding carboxylic acids is 2. The number of carboxylic acid groups (broad SMARTS) is 1. The van der Waals surface area contributed by atoms with Crippen LogP contribution >= 0.6 is 0 Å². The third-order valence-electron chi connectivity index (χ3n) is 4.23. The molecule has 21 heavy (non-hydrogen) atoms. The van der Waals surface area contributed by atoms with Crippen molar-refractivity contribution >= 4 is 17.8 Å². The summed E-state index contributed by atoms with van der Waals surface area (Å²) in [5.41, 5.74) is 0. The van der Waals surface area contributed by atoms with Gasteiger partial charge < -0.3 is 14.9 Å². The zero-order chi connectivity index (χ0) is 15.6. The van der Waals surface area contributed by atoms with Crippen LogP contribution in [0.2, 0.25) is 0 Å². The first-order valence-corrected chi connectivity index (χ1v) is 7.67. The molecule has 0 aromatic carbocycles. The molecule has 6 nitrogen and oxygen atoms in total. The van der Waals surface area contributed by atoms with Crippen LogP contribution in [-0.4, -0.2) is 58.9 Å². The summed E-state index contributed by atoms with van der Waals surface area (Å²) in [5.74, 6) is -1.24. The van der Waals surface area contributed by atoms with E-state index in [2.05, 4.69) is 0 Å². The van der Waals surface area contributed by atoms with E-state index in [1.807, 2.05) is 13.8 Å². The van der Waals surface area contributed by atoms with E-state index in [1.165, 1.54) is 0 Å². The SMILES string of the molecule is CC(C)CN1CC(C(=O)N2CCC[C@H](C(=O)O)C2)CC1=O. The number of nitrogens with zero attached hydrogens (tertiary/aromatic N) is 2. The molecule has 118 valence electrons. The van der Waals surface area contributed by atoms with Gasteiger partial charge in [-0.25, -0.2) is 0 Å². The number of amides is 2. The summed E-state index contributed by atoms with van der Waals surface area (Å²) in [6, 6.07) is 0. The molecule has 0 aromatic heterocycles. The van der Waals surface area contributed by atoms with E-state index >= 15 is 0 Å². The summed E-state index contributed by atoms with van der Waals surface area (Å²) >= 11 is 0. The number of likely N-dealkylation sites (tertiary alicyclic amines) is 2. The summed E-state index contributed by atoms with van der Waals surface area (Å²) in [6.07, 6.45) is 1.61. The topological polar surface area (TPSA) is 77.9 Å². The lowest BCUT2D eigenvalue weighted by Gasteiger charge is -2.32. The van der Waals surface area contributed by atoms with Gasteiger partial charge >= 0.3 is 5.97 Å². The Labute approximate surface area is 125 Å². The van der Waals surface area contributed by atoms with Crippen LogP contribution in [0.4, 0.5) is 0 Å². The van der Waals surface area contributed by atoms with Crippen molar-refractivity contribution < 1.29 is 19.5 Å². The number of rotatable bonds is 4. The quantitative estimate of drug-likeness (QED) is 0.833. The molecule has 2 aliphatic heterocycles. The molecule has 1 unspecified atom stereocenters. The van der Waals surface area contributed by atoms with Crippen LogP contribution in [0.15, 0.2) is 0 Å². The highest BCUT2D eigenvalue weighted by Crippen LogP contribution is 2.24. The maximum Gasteiger partial charge on any atom is 0.308 e. The first-order chi connectivity index (χ1) is 9.88.